The maximum Gasteiger partial charge on any atom is 0.255 e. The summed E-state index contributed by atoms with van der Waals surface area (Å²) < 4.78 is 5.45. The summed E-state index contributed by atoms with van der Waals surface area (Å²) in [5.41, 5.74) is 4.31. The van der Waals surface area contributed by atoms with Crippen LogP contribution in [0.5, 0.6) is 0 Å². The van der Waals surface area contributed by atoms with Gasteiger partial charge in [-0.3, -0.25) is 14.6 Å². The number of ether oxygens (including phenoxy) is 1. The number of carbonyl (C=O) groups is 1. The highest BCUT2D eigenvalue weighted by Gasteiger charge is 2.45. The zero-order chi connectivity index (χ0) is 21.7. The van der Waals surface area contributed by atoms with Gasteiger partial charge in [-0.2, -0.15) is 0 Å². The number of amides is 1. The largest absolute Gasteiger partial charge is 0.378 e. The van der Waals surface area contributed by atoms with Crippen LogP contribution >= 0.6 is 0 Å². The number of aromatic nitrogens is 2. The predicted molar refractivity (Wildman–Crippen MR) is 121 cm³/mol. The second kappa shape index (κ2) is 7.73. The Morgan fingerprint density at radius 1 is 1.06 bits per heavy atom. The number of piperidine rings is 1. The molecule has 0 bridgehead atoms. The van der Waals surface area contributed by atoms with Crippen molar-refractivity contribution in [2.75, 3.05) is 44.3 Å². The molecule has 0 radical (unpaired) electrons. The van der Waals surface area contributed by atoms with Crippen molar-refractivity contribution in [3.63, 3.8) is 0 Å². The molecule has 2 fully saturated rings. The van der Waals surface area contributed by atoms with Crippen LogP contribution in [0.4, 0.5) is 5.95 Å². The average molecular weight is 435 g/mol. The van der Waals surface area contributed by atoms with Gasteiger partial charge in [0.1, 0.15) is 0 Å². The van der Waals surface area contributed by atoms with Crippen molar-refractivity contribution in [1.82, 2.24) is 14.9 Å². The van der Waals surface area contributed by atoms with Gasteiger partial charge in [-0.1, -0.05) is 24.3 Å². The smallest absolute Gasteiger partial charge is 0.255 e. The van der Waals surface area contributed by atoms with E-state index in [0.717, 1.165) is 76.0 Å². The van der Waals surface area contributed by atoms with E-state index in [2.05, 4.69) is 33.0 Å². The fourth-order valence-corrected chi connectivity index (χ4v) is 6.24. The zero-order valence-corrected chi connectivity index (χ0v) is 18.4. The summed E-state index contributed by atoms with van der Waals surface area (Å²) in [5.74, 6) is 0.959. The van der Waals surface area contributed by atoms with E-state index >= 15 is 0 Å². The second-order valence-electron chi connectivity index (χ2n) is 9.71. The number of rotatable bonds is 2. The number of anilines is 1. The number of morpholine rings is 1. The number of H-pyrrole nitrogens is 1. The van der Waals surface area contributed by atoms with E-state index < -0.39 is 0 Å². The minimum Gasteiger partial charge on any atom is -0.378 e. The number of aromatic amines is 1. The Morgan fingerprint density at radius 2 is 1.84 bits per heavy atom. The first-order valence-corrected chi connectivity index (χ1v) is 12.0. The molecule has 1 aromatic heterocycles. The first-order chi connectivity index (χ1) is 15.6. The lowest BCUT2D eigenvalue weighted by Crippen LogP contribution is -2.46. The summed E-state index contributed by atoms with van der Waals surface area (Å²) >= 11 is 0. The van der Waals surface area contributed by atoms with Gasteiger partial charge in [-0.25, -0.2) is 4.98 Å². The van der Waals surface area contributed by atoms with Crippen molar-refractivity contribution < 1.29 is 9.53 Å². The first kappa shape index (κ1) is 20.0. The van der Waals surface area contributed by atoms with Gasteiger partial charge in [0.2, 0.25) is 11.9 Å². The standard InChI is InChI=1S/C25H30N4O3/c30-22-20-7-8-25(21(20)26-24(27-22)29-13-15-32-16-14-29)9-11-28(12-10-25)23(31)19-6-5-17-3-1-2-4-18(17)19/h1-4,19H,5-16H2,(H,26,27,30). The number of benzene rings is 1. The second-order valence-corrected chi connectivity index (χ2v) is 9.71. The molecule has 6 rings (SSSR count). The summed E-state index contributed by atoms with van der Waals surface area (Å²) in [6, 6.07) is 8.37. The van der Waals surface area contributed by atoms with Gasteiger partial charge >= 0.3 is 0 Å². The van der Waals surface area contributed by atoms with E-state index in [-0.39, 0.29) is 22.8 Å². The third-order valence-corrected chi connectivity index (χ3v) is 8.13. The fraction of sp³-hybridized carbons (Fsp3) is 0.560. The summed E-state index contributed by atoms with van der Waals surface area (Å²) in [7, 11) is 0. The summed E-state index contributed by atoms with van der Waals surface area (Å²) in [6.07, 6.45) is 5.43. The maximum absolute atomic E-state index is 13.4. The third-order valence-electron chi connectivity index (χ3n) is 8.13. The van der Waals surface area contributed by atoms with Crippen molar-refractivity contribution in [1.29, 1.82) is 0 Å². The van der Waals surface area contributed by atoms with E-state index in [1.807, 2.05) is 6.07 Å². The van der Waals surface area contributed by atoms with Crippen LogP contribution in [0, 0.1) is 0 Å². The van der Waals surface area contributed by atoms with Crippen LogP contribution in [-0.2, 0) is 27.8 Å². The van der Waals surface area contributed by atoms with Gasteiger partial charge in [0.15, 0.2) is 0 Å². The Hall–Kier alpha value is -2.67. The molecule has 7 nitrogen and oxygen atoms in total. The minimum atomic E-state index is -0.0744. The molecule has 168 valence electrons. The summed E-state index contributed by atoms with van der Waals surface area (Å²) in [6.45, 7) is 4.32. The zero-order valence-electron chi connectivity index (χ0n) is 18.4. The Balaban J connectivity index is 1.21. The number of carbonyl (C=O) groups excluding carboxylic acids is 1. The lowest BCUT2D eigenvalue weighted by atomic mass is 9.76. The number of nitrogens with zero attached hydrogens (tertiary/aromatic N) is 3. The van der Waals surface area contributed by atoms with Crippen LogP contribution in [0.3, 0.4) is 0 Å². The average Bonchev–Trinajstić information content (AvgIpc) is 3.42. The molecular weight excluding hydrogens is 404 g/mol. The van der Waals surface area contributed by atoms with Crippen LogP contribution in [-0.4, -0.2) is 60.2 Å². The van der Waals surface area contributed by atoms with Crippen molar-refractivity contribution in [3.05, 3.63) is 57.0 Å². The van der Waals surface area contributed by atoms with Crippen LogP contribution in [0.25, 0.3) is 0 Å². The molecular formula is C25H30N4O3. The monoisotopic (exact) mass is 434 g/mol. The van der Waals surface area contributed by atoms with Gasteiger partial charge in [-0.05, 0) is 49.7 Å². The molecule has 1 aromatic carbocycles. The van der Waals surface area contributed by atoms with Crippen LogP contribution < -0.4 is 10.5 Å². The Bertz CT molecular complexity index is 1100. The Morgan fingerprint density at radius 3 is 2.66 bits per heavy atom. The molecule has 2 aliphatic carbocycles. The van der Waals surface area contributed by atoms with Crippen molar-refractivity contribution in [2.24, 2.45) is 0 Å². The fourth-order valence-electron chi connectivity index (χ4n) is 6.24. The molecule has 2 aliphatic heterocycles. The van der Waals surface area contributed by atoms with Crippen molar-refractivity contribution in [2.45, 2.75) is 49.9 Å². The highest BCUT2D eigenvalue weighted by atomic mass is 16.5. The van der Waals surface area contributed by atoms with Crippen molar-refractivity contribution >= 4 is 11.9 Å². The van der Waals surface area contributed by atoms with E-state index in [1.165, 1.54) is 11.1 Å². The lowest BCUT2D eigenvalue weighted by Gasteiger charge is -2.40. The third kappa shape index (κ3) is 3.17. The number of nitrogens with one attached hydrogen (secondary N) is 1. The number of likely N-dealkylation sites (tertiary alicyclic amines) is 1. The normalized spacial score (nSPS) is 23.9. The number of aryl methyl sites for hydroxylation is 1. The van der Waals surface area contributed by atoms with E-state index in [1.54, 1.807) is 0 Å². The topological polar surface area (TPSA) is 78.5 Å². The van der Waals surface area contributed by atoms with Gasteiger partial charge in [0.25, 0.3) is 5.56 Å². The molecule has 32 heavy (non-hydrogen) atoms. The number of hydrogen-bond acceptors (Lipinski definition) is 5. The lowest BCUT2D eigenvalue weighted by molar-refractivity contribution is -0.134. The number of hydrogen-bond donors (Lipinski definition) is 1. The Kier molecular flexibility index (Phi) is 4.82. The van der Waals surface area contributed by atoms with Crippen LogP contribution in [0.15, 0.2) is 29.1 Å². The summed E-state index contributed by atoms with van der Waals surface area (Å²) in [5, 5.41) is 0. The highest BCUT2D eigenvalue weighted by Crippen LogP contribution is 2.45. The first-order valence-electron chi connectivity index (χ1n) is 12.0. The maximum atomic E-state index is 13.4. The van der Waals surface area contributed by atoms with Gasteiger partial charge < -0.3 is 14.5 Å². The van der Waals surface area contributed by atoms with Gasteiger partial charge in [0, 0.05) is 37.2 Å². The molecule has 1 N–H and O–H groups in total. The number of fused-ring (bicyclic) bond motifs is 3. The van der Waals surface area contributed by atoms with Crippen LogP contribution in [0.1, 0.15) is 54.0 Å². The van der Waals surface area contributed by atoms with Gasteiger partial charge in [-0.15, -0.1) is 0 Å². The summed E-state index contributed by atoms with van der Waals surface area (Å²) in [4.78, 5) is 38.4. The molecule has 2 aromatic rings. The Labute approximate surface area is 187 Å². The molecule has 4 aliphatic rings. The molecule has 1 atom stereocenters. The van der Waals surface area contributed by atoms with Crippen molar-refractivity contribution in [3.8, 4) is 0 Å². The van der Waals surface area contributed by atoms with Gasteiger partial charge in [0.05, 0.1) is 24.8 Å². The van der Waals surface area contributed by atoms with Crippen LogP contribution in [0.2, 0.25) is 0 Å². The predicted octanol–water partition coefficient (Wildman–Crippen LogP) is 2.14. The SMILES string of the molecule is O=C(C1CCc2ccccc21)N1CCC2(CCc3c2nc(N2CCOCC2)[nH]c3=O)CC1. The molecule has 1 unspecified atom stereocenters. The molecule has 3 heterocycles. The molecule has 1 spiro atoms. The highest BCUT2D eigenvalue weighted by molar-refractivity contribution is 5.85. The van der Waals surface area contributed by atoms with E-state index in [9.17, 15) is 9.59 Å². The van der Waals surface area contributed by atoms with E-state index in [4.69, 9.17) is 9.72 Å². The minimum absolute atomic E-state index is 0.00464. The van der Waals surface area contributed by atoms with E-state index in [0.29, 0.717) is 19.2 Å². The molecule has 1 amide bonds. The molecule has 2 saturated heterocycles. The molecule has 7 heteroatoms. The molecule has 0 saturated carbocycles. The quantitative estimate of drug-likeness (QED) is 0.784.